The highest BCUT2D eigenvalue weighted by atomic mass is 35.5. The summed E-state index contributed by atoms with van der Waals surface area (Å²) in [6.07, 6.45) is -0.467. The van der Waals surface area contributed by atoms with Gasteiger partial charge in [0.05, 0.1) is 23.8 Å². The van der Waals surface area contributed by atoms with Gasteiger partial charge in [-0.25, -0.2) is 13.8 Å². The second-order valence-electron chi connectivity index (χ2n) is 8.94. The lowest BCUT2D eigenvalue weighted by molar-refractivity contribution is -0.0343. The number of hydrogen-bond acceptors (Lipinski definition) is 7. The summed E-state index contributed by atoms with van der Waals surface area (Å²) < 4.78 is 46.1. The van der Waals surface area contributed by atoms with Crippen LogP contribution in [0.2, 0.25) is 5.02 Å². The van der Waals surface area contributed by atoms with Gasteiger partial charge in [0.1, 0.15) is 23.6 Å². The molecule has 3 N–H and O–H groups in total. The van der Waals surface area contributed by atoms with E-state index in [0.29, 0.717) is 11.1 Å². The largest absolute Gasteiger partial charge is 0.452 e. The summed E-state index contributed by atoms with van der Waals surface area (Å²) in [5, 5.41) is 13.1. The predicted molar refractivity (Wildman–Crippen MR) is 122 cm³/mol. The Bertz CT molecular complexity index is 1340. The van der Waals surface area contributed by atoms with Gasteiger partial charge in [0.25, 0.3) is 12.6 Å². The molecule has 0 spiro atoms. The fourth-order valence-electron chi connectivity index (χ4n) is 4.62. The quantitative estimate of drug-likeness (QED) is 0.471. The maximum absolute atomic E-state index is 14.5. The van der Waals surface area contributed by atoms with E-state index in [0.717, 1.165) is 12.8 Å². The van der Waals surface area contributed by atoms with E-state index in [1.54, 1.807) is 6.07 Å². The Labute approximate surface area is 203 Å². The molecule has 9 nitrogen and oxygen atoms in total. The van der Waals surface area contributed by atoms with Crippen molar-refractivity contribution in [1.29, 1.82) is 0 Å². The molecule has 0 radical (unpaired) electrons. The number of benzene rings is 1. The first-order valence-electron chi connectivity index (χ1n) is 11.2. The summed E-state index contributed by atoms with van der Waals surface area (Å²) in [6.45, 7) is 5.52. The third-order valence-corrected chi connectivity index (χ3v) is 6.92. The van der Waals surface area contributed by atoms with Crippen LogP contribution in [0, 0.1) is 18.2 Å². The minimum Gasteiger partial charge on any atom is -0.447 e. The van der Waals surface area contributed by atoms with Crippen LogP contribution in [0.1, 0.15) is 29.9 Å². The number of aromatic nitrogens is 3. The topological polar surface area (TPSA) is 106 Å². The summed E-state index contributed by atoms with van der Waals surface area (Å²) in [6, 6.07) is 4.44. The maximum Gasteiger partial charge on any atom is 0.452 e. The van der Waals surface area contributed by atoms with E-state index < -0.39 is 35.7 Å². The molecule has 2 saturated heterocycles. The minimum absolute atomic E-state index is 0.0159. The number of halogens is 3. The Morgan fingerprint density at radius 1 is 1.26 bits per heavy atom. The number of fused-ring (bicyclic) bond motifs is 2. The van der Waals surface area contributed by atoms with Crippen LogP contribution in [-0.4, -0.2) is 57.3 Å². The zero-order valence-electron chi connectivity index (χ0n) is 18.3. The molecule has 0 bridgehead atoms. The Kier molecular flexibility index (Phi) is 5.30. The molecule has 0 unspecified atom stereocenters. The lowest BCUT2D eigenvalue weighted by atomic mass is 10.0. The third-order valence-electron chi connectivity index (χ3n) is 6.64. The van der Waals surface area contributed by atoms with Crippen LogP contribution < -0.4 is 10.1 Å². The average molecular weight is 505 g/mol. The van der Waals surface area contributed by atoms with Crippen LogP contribution in [0.4, 0.5) is 14.6 Å². The number of nitrogens with one attached hydrogen (secondary N) is 2. The number of anilines is 1. The van der Waals surface area contributed by atoms with Gasteiger partial charge in [-0.3, -0.25) is 4.74 Å². The van der Waals surface area contributed by atoms with Gasteiger partial charge in [-0.05, 0) is 47.4 Å². The summed E-state index contributed by atoms with van der Waals surface area (Å²) in [4.78, 5) is 15.4. The second kappa shape index (κ2) is 8.27. The number of imidazole rings is 1. The van der Waals surface area contributed by atoms with Crippen molar-refractivity contribution in [3.63, 3.8) is 0 Å². The van der Waals surface area contributed by atoms with Gasteiger partial charge >= 0.3 is 5.72 Å². The number of nitrogens with zero attached hydrogens (tertiary/aromatic N) is 3. The van der Waals surface area contributed by atoms with Crippen molar-refractivity contribution in [2.75, 3.05) is 18.5 Å². The van der Waals surface area contributed by atoms with Gasteiger partial charge in [0.2, 0.25) is 6.10 Å². The molecule has 2 aromatic heterocycles. The first kappa shape index (κ1) is 22.4. The van der Waals surface area contributed by atoms with E-state index in [9.17, 15) is 13.9 Å². The van der Waals surface area contributed by atoms with Crippen LogP contribution in [-0.2, 0) is 16.0 Å². The standard InChI is InChI=1S/C23H21ClF2N5O4/c1-27-23-18(9-33-19(23)17(32)8-34-23)35-22-29-16-6-13(24)20(30-21(16)31-22)28-7-12-14(25)4-11(5-15(12)26)10-2-3-10/h1,4-6,10,17-19,32H,2-3,7-9H2,(H2,28,29,30,31)/q+1/t17-,18-,19-,23-/m1/s1. The molecule has 3 aliphatic rings. The smallest absolute Gasteiger partial charge is 0.447 e. The lowest BCUT2D eigenvalue weighted by Gasteiger charge is -2.16. The Morgan fingerprint density at radius 3 is 2.74 bits per heavy atom. The molecule has 1 aromatic carbocycles. The van der Waals surface area contributed by atoms with E-state index in [-0.39, 0.29) is 53.7 Å². The van der Waals surface area contributed by atoms with Gasteiger partial charge in [0, 0.05) is 12.1 Å². The SMILES string of the molecule is C#[N+][C@]12OC[C@@H](O)[C@H]1OC[C@H]2Oc1nc2nc(NCc3c(F)cc(C4CC4)cc3F)c(Cl)cc2[nH]1. The van der Waals surface area contributed by atoms with Crippen molar-refractivity contribution in [2.24, 2.45) is 0 Å². The van der Waals surface area contributed by atoms with Crippen molar-refractivity contribution in [2.45, 2.75) is 49.3 Å². The fraction of sp³-hybridized carbons (Fsp3) is 0.435. The Hall–Kier alpha value is -3.04. The molecule has 4 heterocycles. The van der Waals surface area contributed by atoms with Crippen LogP contribution in [0.25, 0.3) is 16.0 Å². The van der Waals surface area contributed by atoms with Crippen LogP contribution >= 0.6 is 11.6 Å². The van der Waals surface area contributed by atoms with Gasteiger partial charge < -0.3 is 24.9 Å². The highest BCUT2D eigenvalue weighted by Gasteiger charge is 2.71. The summed E-state index contributed by atoms with van der Waals surface area (Å²) in [7, 11) is 0. The third kappa shape index (κ3) is 3.77. The summed E-state index contributed by atoms with van der Waals surface area (Å²) in [5.74, 6) is -0.761. The van der Waals surface area contributed by atoms with E-state index in [2.05, 4.69) is 25.1 Å². The van der Waals surface area contributed by atoms with Crippen molar-refractivity contribution in [3.8, 4) is 12.6 Å². The number of aliphatic hydroxyl groups is 1. The van der Waals surface area contributed by atoms with Crippen LogP contribution in [0.5, 0.6) is 6.01 Å². The normalized spacial score (nSPS) is 27.7. The molecule has 2 aliphatic heterocycles. The van der Waals surface area contributed by atoms with E-state index >= 15 is 0 Å². The van der Waals surface area contributed by atoms with Gasteiger partial charge in [-0.2, -0.15) is 4.98 Å². The predicted octanol–water partition coefficient (Wildman–Crippen LogP) is 3.58. The molecular weight excluding hydrogens is 484 g/mol. The Balaban J connectivity index is 1.20. The van der Waals surface area contributed by atoms with Crippen molar-refractivity contribution < 1.29 is 28.1 Å². The summed E-state index contributed by atoms with van der Waals surface area (Å²) >= 11 is 6.34. The first-order valence-corrected chi connectivity index (χ1v) is 11.6. The molecule has 0 amide bonds. The average Bonchev–Trinajstić information content (AvgIpc) is 3.41. The van der Waals surface area contributed by atoms with Gasteiger partial charge in [-0.15, -0.1) is 0 Å². The molecule has 35 heavy (non-hydrogen) atoms. The lowest BCUT2D eigenvalue weighted by Crippen LogP contribution is -2.46. The van der Waals surface area contributed by atoms with Gasteiger partial charge in [0.15, 0.2) is 11.8 Å². The van der Waals surface area contributed by atoms with E-state index in [4.69, 9.17) is 32.4 Å². The van der Waals surface area contributed by atoms with Crippen molar-refractivity contribution in [1.82, 2.24) is 15.0 Å². The van der Waals surface area contributed by atoms with E-state index in [1.807, 2.05) is 0 Å². The summed E-state index contributed by atoms with van der Waals surface area (Å²) in [5.41, 5.74) is -0.0176. The second-order valence-corrected chi connectivity index (χ2v) is 9.35. The van der Waals surface area contributed by atoms with Crippen LogP contribution in [0.3, 0.4) is 0 Å². The molecule has 1 saturated carbocycles. The van der Waals surface area contributed by atoms with Crippen molar-refractivity contribution >= 4 is 28.6 Å². The number of hydrogen-bond donors (Lipinski definition) is 3. The molecule has 12 heteroatoms. The zero-order valence-corrected chi connectivity index (χ0v) is 19.1. The molecular formula is C23H21ClF2N5O4+. The highest BCUT2D eigenvalue weighted by molar-refractivity contribution is 6.33. The van der Waals surface area contributed by atoms with E-state index in [1.165, 1.54) is 12.1 Å². The van der Waals surface area contributed by atoms with Crippen molar-refractivity contribution in [3.05, 3.63) is 50.8 Å². The molecule has 1 aliphatic carbocycles. The highest BCUT2D eigenvalue weighted by Crippen LogP contribution is 2.42. The number of rotatable bonds is 6. The number of H-pyrrole nitrogens is 1. The Morgan fingerprint density at radius 2 is 2.03 bits per heavy atom. The number of ether oxygens (including phenoxy) is 3. The minimum atomic E-state index is -1.35. The fourth-order valence-corrected chi connectivity index (χ4v) is 4.84. The monoisotopic (exact) mass is 504 g/mol. The zero-order chi connectivity index (χ0) is 24.3. The molecule has 6 rings (SSSR count). The van der Waals surface area contributed by atoms with Gasteiger partial charge in [-0.1, -0.05) is 11.6 Å². The molecule has 3 aromatic rings. The maximum atomic E-state index is 14.5. The number of pyridine rings is 1. The number of aliphatic hydroxyl groups excluding tert-OH is 1. The first-order chi connectivity index (χ1) is 16.9. The van der Waals surface area contributed by atoms with Crippen LogP contribution in [0.15, 0.2) is 18.2 Å². The molecule has 3 fully saturated rings. The number of aromatic amines is 1. The molecule has 4 atom stereocenters. The molecule has 182 valence electrons.